The molecule has 0 bridgehead atoms. The molecule has 0 aliphatic carbocycles. The third-order valence-electron chi connectivity index (χ3n) is 2.43. The first-order valence-corrected chi connectivity index (χ1v) is 5.07. The SMILES string of the molecule is CN(Cc1cccc(C#N)c1)CC1CO1. The van der Waals surface area contributed by atoms with E-state index in [-0.39, 0.29) is 0 Å². The monoisotopic (exact) mass is 202 g/mol. The molecule has 2 rings (SSSR count). The minimum atomic E-state index is 0.425. The molecule has 1 aromatic rings. The van der Waals surface area contributed by atoms with E-state index in [1.807, 2.05) is 24.3 Å². The molecule has 0 aromatic heterocycles. The lowest BCUT2D eigenvalue weighted by atomic mass is 10.1. The number of nitrogens with zero attached hydrogens (tertiary/aromatic N) is 2. The number of benzene rings is 1. The maximum atomic E-state index is 8.77. The molecule has 0 radical (unpaired) electrons. The second-order valence-electron chi connectivity index (χ2n) is 3.96. The number of ether oxygens (including phenoxy) is 1. The number of hydrogen-bond acceptors (Lipinski definition) is 3. The van der Waals surface area contributed by atoms with E-state index in [2.05, 4.69) is 18.0 Å². The number of hydrogen-bond donors (Lipinski definition) is 0. The molecule has 0 spiro atoms. The summed E-state index contributed by atoms with van der Waals surface area (Å²) in [5.41, 5.74) is 1.90. The van der Waals surface area contributed by atoms with Crippen LogP contribution in [-0.4, -0.2) is 31.2 Å². The van der Waals surface area contributed by atoms with E-state index in [1.165, 1.54) is 5.56 Å². The van der Waals surface area contributed by atoms with Crippen molar-refractivity contribution in [2.24, 2.45) is 0 Å². The molecule has 0 saturated carbocycles. The molecule has 0 N–H and O–H groups in total. The van der Waals surface area contributed by atoms with Crippen molar-refractivity contribution in [1.82, 2.24) is 4.90 Å². The minimum Gasteiger partial charge on any atom is -0.372 e. The zero-order valence-corrected chi connectivity index (χ0v) is 8.81. The highest BCUT2D eigenvalue weighted by Crippen LogP contribution is 2.12. The topological polar surface area (TPSA) is 39.6 Å². The van der Waals surface area contributed by atoms with Crippen molar-refractivity contribution in [3.63, 3.8) is 0 Å². The predicted molar refractivity (Wildman–Crippen MR) is 57.2 cm³/mol. The van der Waals surface area contributed by atoms with Crippen LogP contribution >= 0.6 is 0 Å². The molecule has 1 saturated heterocycles. The van der Waals surface area contributed by atoms with Crippen molar-refractivity contribution in [3.8, 4) is 6.07 Å². The molecule has 1 aliphatic rings. The van der Waals surface area contributed by atoms with Crippen LogP contribution in [0.15, 0.2) is 24.3 Å². The Balaban J connectivity index is 1.93. The molecule has 1 unspecified atom stereocenters. The summed E-state index contributed by atoms with van der Waals surface area (Å²) < 4.78 is 5.17. The van der Waals surface area contributed by atoms with Crippen LogP contribution in [0.3, 0.4) is 0 Å². The molecular formula is C12H14N2O. The molecule has 3 nitrogen and oxygen atoms in total. The molecule has 1 aliphatic heterocycles. The zero-order valence-electron chi connectivity index (χ0n) is 8.81. The van der Waals surface area contributed by atoms with Gasteiger partial charge in [0.1, 0.15) is 0 Å². The first-order valence-electron chi connectivity index (χ1n) is 5.07. The summed E-state index contributed by atoms with van der Waals surface area (Å²) in [6.45, 7) is 2.73. The van der Waals surface area contributed by atoms with Gasteiger partial charge in [0.05, 0.1) is 24.3 Å². The van der Waals surface area contributed by atoms with Gasteiger partial charge in [-0.3, -0.25) is 4.90 Å². The lowest BCUT2D eigenvalue weighted by Crippen LogP contribution is -2.22. The fraction of sp³-hybridized carbons (Fsp3) is 0.417. The third kappa shape index (κ3) is 3.05. The van der Waals surface area contributed by atoms with Crippen molar-refractivity contribution in [1.29, 1.82) is 5.26 Å². The summed E-state index contributed by atoms with van der Waals surface area (Å²) in [4.78, 5) is 2.22. The normalized spacial score (nSPS) is 18.9. The van der Waals surface area contributed by atoms with E-state index in [0.29, 0.717) is 6.10 Å². The first kappa shape index (κ1) is 10.2. The van der Waals surface area contributed by atoms with Gasteiger partial charge in [0.25, 0.3) is 0 Å². The molecule has 1 atom stereocenters. The fourth-order valence-corrected chi connectivity index (χ4v) is 1.64. The Hall–Kier alpha value is -1.37. The molecule has 3 heteroatoms. The third-order valence-corrected chi connectivity index (χ3v) is 2.43. The van der Waals surface area contributed by atoms with Gasteiger partial charge in [-0.2, -0.15) is 5.26 Å². The van der Waals surface area contributed by atoms with Crippen LogP contribution in [0.4, 0.5) is 0 Å². The average molecular weight is 202 g/mol. The fourth-order valence-electron chi connectivity index (χ4n) is 1.64. The summed E-state index contributed by atoms with van der Waals surface area (Å²) >= 11 is 0. The van der Waals surface area contributed by atoms with Crippen LogP contribution in [0.2, 0.25) is 0 Å². The van der Waals surface area contributed by atoms with Crippen LogP contribution in [-0.2, 0) is 11.3 Å². The highest BCUT2D eigenvalue weighted by Gasteiger charge is 2.23. The van der Waals surface area contributed by atoms with Crippen LogP contribution in [0, 0.1) is 11.3 Å². The standard InChI is InChI=1S/C12H14N2O/c1-14(8-12-9-15-12)7-11-4-2-3-10(5-11)6-13/h2-5,12H,7-9H2,1H3. The van der Waals surface area contributed by atoms with Crippen LogP contribution in [0.25, 0.3) is 0 Å². The minimum absolute atomic E-state index is 0.425. The van der Waals surface area contributed by atoms with Crippen LogP contribution in [0.5, 0.6) is 0 Å². The van der Waals surface area contributed by atoms with Gasteiger partial charge >= 0.3 is 0 Å². The van der Waals surface area contributed by atoms with Crippen LogP contribution < -0.4 is 0 Å². The van der Waals surface area contributed by atoms with Gasteiger partial charge in [-0.1, -0.05) is 12.1 Å². The van der Waals surface area contributed by atoms with E-state index >= 15 is 0 Å². The van der Waals surface area contributed by atoms with Gasteiger partial charge in [0.2, 0.25) is 0 Å². The van der Waals surface area contributed by atoms with Gasteiger partial charge < -0.3 is 4.74 Å². The Morgan fingerprint density at radius 3 is 3.07 bits per heavy atom. The maximum Gasteiger partial charge on any atom is 0.0991 e. The molecule has 78 valence electrons. The van der Waals surface area contributed by atoms with Crippen molar-refractivity contribution in [2.75, 3.05) is 20.2 Å². The van der Waals surface area contributed by atoms with Crippen molar-refractivity contribution in [3.05, 3.63) is 35.4 Å². The highest BCUT2D eigenvalue weighted by molar-refractivity contribution is 5.32. The molecule has 1 aromatic carbocycles. The quantitative estimate of drug-likeness (QED) is 0.693. The summed E-state index contributed by atoms with van der Waals surface area (Å²) in [6, 6.07) is 9.88. The second-order valence-corrected chi connectivity index (χ2v) is 3.96. The number of nitriles is 1. The molecule has 0 amide bonds. The van der Waals surface area contributed by atoms with Gasteiger partial charge in [0.15, 0.2) is 0 Å². The van der Waals surface area contributed by atoms with Gasteiger partial charge in [-0.05, 0) is 24.7 Å². The number of epoxide rings is 1. The Kier molecular flexibility index (Phi) is 3.00. The summed E-state index contributed by atoms with van der Waals surface area (Å²) in [6.07, 6.45) is 0.425. The zero-order chi connectivity index (χ0) is 10.7. The first-order chi connectivity index (χ1) is 7.28. The Labute approximate surface area is 89.9 Å². The van der Waals surface area contributed by atoms with Gasteiger partial charge in [-0.15, -0.1) is 0 Å². The molecular weight excluding hydrogens is 188 g/mol. The predicted octanol–water partition coefficient (Wildman–Crippen LogP) is 1.39. The largest absolute Gasteiger partial charge is 0.372 e. The summed E-state index contributed by atoms with van der Waals surface area (Å²) in [5.74, 6) is 0. The average Bonchev–Trinajstić information content (AvgIpc) is 3.02. The lowest BCUT2D eigenvalue weighted by Gasteiger charge is -2.15. The molecule has 15 heavy (non-hydrogen) atoms. The van der Waals surface area contributed by atoms with Gasteiger partial charge in [-0.25, -0.2) is 0 Å². The summed E-state index contributed by atoms with van der Waals surface area (Å²) in [7, 11) is 2.07. The van der Waals surface area contributed by atoms with E-state index in [9.17, 15) is 0 Å². The highest BCUT2D eigenvalue weighted by atomic mass is 16.6. The Bertz CT molecular complexity index is 379. The van der Waals surface area contributed by atoms with E-state index in [1.54, 1.807) is 0 Å². The molecule has 1 fully saturated rings. The lowest BCUT2D eigenvalue weighted by molar-refractivity contribution is 0.278. The summed E-state index contributed by atoms with van der Waals surface area (Å²) in [5, 5.41) is 8.77. The van der Waals surface area contributed by atoms with E-state index in [0.717, 1.165) is 25.3 Å². The van der Waals surface area contributed by atoms with Crippen LogP contribution in [0.1, 0.15) is 11.1 Å². The Morgan fingerprint density at radius 2 is 2.40 bits per heavy atom. The smallest absolute Gasteiger partial charge is 0.0991 e. The van der Waals surface area contributed by atoms with E-state index < -0.39 is 0 Å². The van der Waals surface area contributed by atoms with Crippen molar-refractivity contribution >= 4 is 0 Å². The van der Waals surface area contributed by atoms with E-state index in [4.69, 9.17) is 10.00 Å². The van der Waals surface area contributed by atoms with Gasteiger partial charge in [0, 0.05) is 13.1 Å². The van der Waals surface area contributed by atoms with Crippen molar-refractivity contribution in [2.45, 2.75) is 12.6 Å². The number of rotatable bonds is 4. The number of likely N-dealkylation sites (N-methyl/N-ethyl adjacent to an activating group) is 1. The second kappa shape index (κ2) is 4.43. The Morgan fingerprint density at radius 1 is 1.60 bits per heavy atom. The maximum absolute atomic E-state index is 8.77. The molecule has 1 heterocycles. The van der Waals surface area contributed by atoms with Crippen molar-refractivity contribution < 1.29 is 4.74 Å².